The third kappa shape index (κ3) is 4.58. The Morgan fingerprint density at radius 1 is 1.26 bits per heavy atom. The Balaban J connectivity index is 1.42. The summed E-state index contributed by atoms with van der Waals surface area (Å²) in [6.07, 6.45) is 10.2. The van der Waals surface area contributed by atoms with Crippen LogP contribution in [0.1, 0.15) is 31.4 Å². The number of hydrogen-bond acceptors (Lipinski definition) is 4. The van der Waals surface area contributed by atoms with Crippen LogP contribution in [0.3, 0.4) is 0 Å². The molecular weight excluding hydrogens is 308 g/mol. The molecule has 1 N–H and O–H groups in total. The van der Waals surface area contributed by atoms with Gasteiger partial charge >= 0.3 is 0 Å². The molecule has 0 aliphatic heterocycles. The average molecular weight is 330 g/mol. The van der Waals surface area contributed by atoms with Crippen LogP contribution in [0, 0.1) is 0 Å². The molecule has 2 aromatic heterocycles. The molecular formula is C17H22N4OS. The Labute approximate surface area is 140 Å². The van der Waals surface area contributed by atoms with E-state index in [0.717, 1.165) is 36.5 Å². The van der Waals surface area contributed by atoms with Crippen LogP contribution in [-0.2, 0) is 18.3 Å². The molecule has 1 aliphatic carbocycles. The van der Waals surface area contributed by atoms with E-state index in [1.807, 2.05) is 49.4 Å². The molecule has 0 bridgehead atoms. The number of aromatic nitrogens is 3. The number of imidazole rings is 1. The van der Waals surface area contributed by atoms with Gasteiger partial charge in [0.2, 0.25) is 5.91 Å². The van der Waals surface area contributed by atoms with Gasteiger partial charge in [0.1, 0.15) is 0 Å². The number of aryl methyl sites for hydroxylation is 1. The van der Waals surface area contributed by atoms with Crippen molar-refractivity contribution in [3.05, 3.63) is 42.5 Å². The number of carbonyl (C=O) groups is 1. The second kappa shape index (κ2) is 7.64. The molecule has 2 aromatic rings. The second-order valence-corrected chi connectivity index (χ2v) is 7.25. The number of pyridine rings is 1. The number of amides is 1. The van der Waals surface area contributed by atoms with Crippen molar-refractivity contribution in [2.75, 3.05) is 0 Å². The molecule has 0 atom stereocenters. The highest BCUT2D eigenvalue weighted by molar-refractivity contribution is 7.99. The number of thioether (sulfide) groups is 1. The van der Waals surface area contributed by atoms with E-state index in [1.165, 1.54) is 0 Å². The molecule has 0 unspecified atom stereocenters. The first-order valence-corrected chi connectivity index (χ1v) is 8.92. The van der Waals surface area contributed by atoms with Gasteiger partial charge in [0, 0.05) is 42.6 Å². The predicted molar refractivity (Wildman–Crippen MR) is 91.2 cm³/mol. The van der Waals surface area contributed by atoms with E-state index < -0.39 is 0 Å². The second-order valence-electron chi connectivity index (χ2n) is 5.98. The van der Waals surface area contributed by atoms with E-state index in [1.54, 1.807) is 6.20 Å². The maximum absolute atomic E-state index is 12.1. The Kier molecular flexibility index (Phi) is 5.33. The third-order valence-electron chi connectivity index (χ3n) is 4.16. The van der Waals surface area contributed by atoms with Gasteiger partial charge in [0.15, 0.2) is 5.16 Å². The van der Waals surface area contributed by atoms with Crippen LogP contribution in [0.15, 0.2) is 41.9 Å². The number of carbonyl (C=O) groups excluding carboxylic acids is 1. The first kappa shape index (κ1) is 16.1. The fraction of sp³-hybridized carbons (Fsp3) is 0.471. The molecule has 0 aromatic carbocycles. The van der Waals surface area contributed by atoms with Crippen molar-refractivity contribution in [3.8, 4) is 0 Å². The van der Waals surface area contributed by atoms with Gasteiger partial charge < -0.3 is 9.88 Å². The summed E-state index contributed by atoms with van der Waals surface area (Å²) in [6, 6.07) is 5.96. The van der Waals surface area contributed by atoms with Crippen LogP contribution in [-0.4, -0.2) is 31.7 Å². The van der Waals surface area contributed by atoms with Crippen molar-refractivity contribution in [2.24, 2.45) is 7.05 Å². The number of nitrogens with zero attached hydrogens (tertiary/aromatic N) is 3. The number of hydrogen-bond donors (Lipinski definition) is 1. The third-order valence-corrected chi connectivity index (χ3v) is 5.57. The first-order chi connectivity index (χ1) is 11.2. The van der Waals surface area contributed by atoms with Gasteiger partial charge in [-0.15, -0.1) is 0 Å². The molecule has 1 fully saturated rings. The molecule has 122 valence electrons. The van der Waals surface area contributed by atoms with Crippen LogP contribution in [0.5, 0.6) is 0 Å². The molecule has 6 heteroatoms. The normalized spacial score (nSPS) is 21.1. The maximum Gasteiger partial charge on any atom is 0.226 e. The van der Waals surface area contributed by atoms with Gasteiger partial charge in [-0.2, -0.15) is 0 Å². The molecule has 0 radical (unpaired) electrons. The number of rotatable bonds is 5. The Morgan fingerprint density at radius 2 is 2.09 bits per heavy atom. The topological polar surface area (TPSA) is 59.8 Å². The molecule has 1 aliphatic rings. The van der Waals surface area contributed by atoms with Crippen LogP contribution in [0.25, 0.3) is 0 Å². The Bertz CT molecular complexity index is 635. The van der Waals surface area contributed by atoms with Gasteiger partial charge in [0.25, 0.3) is 0 Å². The van der Waals surface area contributed by atoms with E-state index >= 15 is 0 Å². The molecule has 1 amide bonds. The summed E-state index contributed by atoms with van der Waals surface area (Å²) in [4.78, 5) is 20.7. The first-order valence-electron chi connectivity index (χ1n) is 8.04. The van der Waals surface area contributed by atoms with Crippen LogP contribution in [0.2, 0.25) is 0 Å². The van der Waals surface area contributed by atoms with Crippen LogP contribution < -0.4 is 5.32 Å². The quantitative estimate of drug-likeness (QED) is 0.915. The van der Waals surface area contributed by atoms with Crippen LogP contribution >= 0.6 is 11.8 Å². The van der Waals surface area contributed by atoms with Crippen molar-refractivity contribution < 1.29 is 4.79 Å². The fourth-order valence-corrected chi connectivity index (χ4v) is 4.04. The van der Waals surface area contributed by atoms with E-state index in [-0.39, 0.29) is 5.91 Å². The van der Waals surface area contributed by atoms with Crippen LogP contribution in [0.4, 0.5) is 0 Å². The smallest absolute Gasteiger partial charge is 0.226 e. The van der Waals surface area contributed by atoms with E-state index in [9.17, 15) is 4.79 Å². The molecule has 5 nitrogen and oxygen atoms in total. The molecule has 3 rings (SSSR count). The zero-order valence-corrected chi connectivity index (χ0v) is 14.1. The van der Waals surface area contributed by atoms with Gasteiger partial charge in [0.05, 0.1) is 6.42 Å². The summed E-state index contributed by atoms with van der Waals surface area (Å²) < 4.78 is 2.06. The lowest BCUT2D eigenvalue weighted by Gasteiger charge is -2.28. The van der Waals surface area contributed by atoms with E-state index in [0.29, 0.717) is 17.7 Å². The Hall–Kier alpha value is -1.82. The fourth-order valence-electron chi connectivity index (χ4n) is 2.89. The maximum atomic E-state index is 12.1. The lowest BCUT2D eigenvalue weighted by Crippen LogP contribution is -2.39. The molecule has 0 saturated heterocycles. The zero-order chi connectivity index (χ0) is 16.1. The molecule has 0 spiro atoms. The molecule has 2 heterocycles. The SMILES string of the molecule is Cn1ccnc1SC1CCC(NC(=O)Cc2ccccn2)CC1. The molecule has 23 heavy (non-hydrogen) atoms. The minimum absolute atomic E-state index is 0.0731. The largest absolute Gasteiger partial charge is 0.353 e. The highest BCUT2D eigenvalue weighted by Gasteiger charge is 2.24. The van der Waals surface area contributed by atoms with E-state index in [4.69, 9.17) is 0 Å². The van der Waals surface area contributed by atoms with Crippen molar-refractivity contribution in [1.82, 2.24) is 19.9 Å². The average Bonchev–Trinajstić information content (AvgIpc) is 2.95. The number of nitrogens with one attached hydrogen (secondary N) is 1. The zero-order valence-electron chi connectivity index (χ0n) is 13.3. The van der Waals surface area contributed by atoms with E-state index in [2.05, 4.69) is 19.9 Å². The van der Waals surface area contributed by atoms with Gasteiger partial charge in [-0.3, -0.25) is 9.78 Å². The van der Waals surface area contributed by atoms with Gasteiger partial charge in [-0.05, 0) is 37.8 Å². The minimum atomic E-state index is 0.0731. The highest BCUT2D eigenvalue weighted by Crippen LogP contribution is 2.32. The van der Waals surface area contributed by atoms with Crippen molar-refractivity contribution >= 4 is 17.7 Å². The summed E-state index contributed by atoms with van der Waals surface area (Å²) in [7, 11) is 2.03. The standard InChI is InChI=1S/C17H22N4OS/c1-21-11-10-19-17(21)23-15-7-5-13(6-8-15)20-16(22)12-14-4-2-3-9-18-14/h2-4,9-11,13,15H,5-8,12H2,1H3,(H,20,22). The highest BCUT2D eigenvalue weighted by atomic mass is 32.2. The lowest BCUT2D eigenvalue weighted by molar-refractivity contribution is -0.121. The van der Waals surface area contributed by atoms with Crippen molar-refractivity contribution in [2.45, 2.75) is 48.6 Å². The minimum Gasteiger partial charge on any atom is -0.353 e. The summed E-state index contributed by atoms with van der Waals surface area (Å²) in [5.41, 5.74) is 0.823. The monoisotopic (exact) mass is 330 g/mol. The summed E-state index contributed by atoms with van der Waals surface area (Å²) in [6.45, 7) is 0. The summed E-state index contributed by atoms with van der Waals surface area (Å²) in [5, 5.41) is 4.82. The summed E-state index contributed by atoms with van der Waals surface area (Å²) in [5.74, 6) is 0.0731. The van der Waals surface area contributed by atoms with Gasteiger partial charge in [-0.1, -0.05) is 17.8 Å². The van der Waals surface area contributed by atoms with Crippen molar-refractivity contribution in [3.63, 3.8) is 0 Å². The molecule has 1 saturated carbocycles. The lowest BCUT2D eigenvalue weighted by atomic mass is 9.95. The van der Waals surface area contributed by atoms with Crippen molar-refractivity contribution in [1.29, 1.82) is 0 Å². The van der Waals surface area contributed by atoms with Gasteiger partial charge in [-0.25, -0.2) is 4.98 Å². The summed E-state index contributed by atoms with van der Waals surface area (Å²) >= 11 is 1.85. The Morgan fingerprint density at radius 3 is 2.74 bits per heavy atom. The predicted octanol–water partition coefficient (Wildman–Crippen LogP) is 2.58.